The number of para-hydroxylation sites is 1. The third-order valence-electron chi connectivity index (χ3n) is 7.70. The molecule has 244 valence electrons. The number of aryl methyl sites for hydroxylation is 2. The van der Waals surface area contributed by atoms with E-state index in [-0.39, 0.29) is 16.8 Å². The molecule has 0 saturated heterocycles. The van der Waals surface area contributed by atoms with E-state index in [9.17, 15) is 9.59 Å². The zero-order chi connectivity index (χ0) is 34.5. The summed E-state index contributed by atoms with van der Waals surface area (Å²) in [4.78, 5) is 35.9. The number of methoxy groups -OCH3 is 1. The van der Waals surface area contributed by atoms with E-state index < -0.39 is 17.8 Å². The highest BCUT2D eigenvalue weighted by molar-refractivity contribution is 6.33. The van der Waals surface area contributed by atoms with Crippen LogP contribution in [0.15, 0.2) is 116 Å². The number of pyridine rings is 2. The molecule has 6 aromatic rings. The van der Waals surface area contributed by atoms with Gasteiger partial charge in [-0.15, -0.1) is 0 Å². The molecule has 10 heteroatoms. The van der Waals surface area contributed by atoms with Crippen molar-refractivity contribution in [1.29, 1.82) is 0 Å². The second-order valence-electron chi connectivity index (χ2n) is 11.2. The summed E-state index contributed by atoms with van der Waals surface area (Å²) >= 11 is 6.32. The van der Waals surface area contributed by atoms with Gasteiger partial charge in [0.1, 0.15) is 11.6 Å². The lowest BCUT2D eigenvalue weighted by Gasteiger charge is -2.15. The first-order valence-electron chi connectivity index (χ1n) is 15.2. The first-order chi connectivity index (χ1) is 23.7. The lowest BCUT2D eigenvalue weighted by Crippen LogP contribution is -2.16. The maximum Gasteiger partial charge on any atom is 0.348 e. The van der Waals surface area contributed by atoms with Crippen LogP contribution in [-0.4, -0.2) is 29.0 Å². The number of ether oxygens (including phenoxy) is 2. The number of esters is 2. The van der Waals surface area contributed by atoms with E-state index in [4.69, 9.17) is 21.1 Å². The van der Waals surface area contributed by atoms with Crippen LogP contribution >= 0.6 is 11.6 Å². The van der Waals surface area contributed by atoms with Gasteiger partial charge >= 0.3 is 11.9 Å². The van der Waals surface area contributed by atoms with Crippen molar-refractivity contribution in [2.75, 3.05) is 17.7 Å². The molecule has 0 aliphatic rings. The SMILES string of the molecule is COc1cccc(-c2ncc(Nc3c(F)cccc3C(=O)OC(=O)c3cc(C)ccc3Nc3ccc(-c4ccccc4Cl)nc3)cc2C)c1. The van der Waals surface area contributed by atoms with Crippen LogP contribution in [0.3, 0.4) is 0 Å². The topological polar surface area (TPSA) is 102 Å². The molecule has 0 saturated carbocycles. The summed E-state index contributed by atoms with van der Waals surface area (Å²) in [5.41, 5.74) is 5.85. The van der Waals surface area contributed by atoms with Crippen molar-refractivity contribution in [1.82, 2.24) is 9.97 Å². The molecular formula is C39H30ClFN4O4. The summed E-state index contributed by atoms with van der Waals surface area (Å²) < 4.78 is 25.8. The summed E-state index contributed by atoms with van der Waals surface area (Å²) in [5, 5.41) is 6.70. The Morgan fingerprint density at radius 2 is 1.53 bits per heavy atom. The highest BCUT2D eigenvalue weighted by Gasteiger charge is 2.23. The van der Waals surface area contributed by atoms with Crippen LogP contribution in [0.5, 0.6) is 5.75 Å². The van der Waals surface area contributed by atoms with Gasteiger partial charge in [-0.3, -0.25) is 9.97 Å². The Bertz CT molecular complexity index is 2190. The van der Waals surface area contributed by atoms with Crippen LogP contribution in [0.4, 0.5) is 27.1 Å². The average molecular weight is 673 g/mol. The zero-order valence-electron chi connectivity index (χ0n) is 26.8. The van der Waals surface area contributed by atoms with Crippen molar-refractivity contribution < 1.29 is 23.5 Å². The van der Waals surface area contributed by atoms with Gasteiger partial charge in [0, 0.05) is 16.1 Å². The van der Waals surface area contributed by atoms with Crippen molar-refractivity contribution in [2.45, 2.75) is 13.8 Å². The van der Waals surface area contributed by atoms with Crippen molar-refractivity contribution in [2.24, 2.45) is 0 Å². The quantitative estimate of drug-likeness (QED) is 0.116. The van der Waals surface area contributed by atoms with Gasteiger partial charge in [0.25, 0.3) is 0 Å². The van der Waals surface area contributed by atoms with Gasteiger partial charge in [-0.1, -0.05) is 59.6 Å². The van der Waals surface area contributed by atoms with Gasteiger partial charge in [0.05, 0.1) is 64.8 Å². The zero-order valence-corrected chi connectivity index (χ0v) is 27.5. The minimum absolute atomic E-state index is 0.113. The highest BCUT2D eigenvalue weighted by atomic mass is 35.5. The Labute approximate surface area is 287 Å². The standard InChI is InChI=1S/C39H30ClFN4O4/c1-23-14-16-35(44-26-15-17-34(42-21-26)29-10-4-5-12-32(29)40)31(18-23)39(47)49-38(46)30-11-7-13-33(41)37(30)45-27-19-24(2)36(43-22-27)25-8-6-9-28(20-25)48-3/h4-22,44-45H,1-3H3. The van der Waals surface area contributed by atoms with Crippen LogP contribution in [0.1, 0.15) is 31.8 Å². The van der Waals surface area contributed by atoms with Crippen molar-refractivity contribution in [3.63, 3.8) is 0 Å². The summed E-state index contributed by atoms with van der Waals surface area (Å²) in [6.45, 7) is 3.69. The first kappa shape index (κ1) is 32.9. The Morgan fingerprint density at radius 1 is 0.755 bits per heavy atom. The maximum absolute atomic E-state index is 15.2. The van der Waals surface area contributed by atoms with Crippen LogP contribution in [-0.2, 0) is 4.74 Å². The molecule has 2 heterocycles. The Morgan fingerprint density at radius 3 is 2.29 bits per heavy atom. The summed E-state index contributed by atoms with van der Waals surface area (Å²) in [5.74, 6) is -1.95. The number of halogens is 2. The molecule has 0 amide bonds. The molecule has 2 N–H and O–H groups in total. The number of carbonyl (C=O) groups is 2. The lowest BCUT2D eigenvalue weighted by molar-refractivity contribution is 0.0399. The van der Waals surface area contributed by atoms with E-state index in [2.05, 4.69) is 20.6 Å². The number of nitrogens with one attached hydrogen (secondary N) is 2. The van der Waals surface area contributed by atoms with Crippen molar-refractivity contribution >= 4 is 46.3 Å². The Hall–Kier alpha value is -6.06. The molecule has 0 spiro atoms. The highest BCUT2D eigenvalue weighted by Crippen LogP contribution is 2.31. The minimum Gasteiger partial charge on any atom is -0.497 e. The minimum atomic E-state index is -1.03. The molecule has 4 aromatic carbocycles. The largest absolute Gasteiger partial charge is 0.497 e. The summed E-state index contributed by atoms with van der Waals surface area (Å²) in [7, 11) is 1.59. The summed E-state index contributed by atoms with van der Waals surface area (Å²) in [6, 6.07) is 29.4. The number of hydrogen-bond acceptors (Lipinski definition) is 8. The monoisotopic (exact) mass is 672 g/mol. The Balaban J connectivity index is 1.21. The van der Waals surface area contributed by atoms with E-state index in [1.54, 1.807) is 49.7 Å². The van der Waals surface area contributed by atoms with Crippen LogP contribution in [0.2, 0.25) is 5.02 Å². The predicted octanol–water partition coefficient (Wildman–Crippen LogP) is 9.71. The smallest absolute Gasteiger partial charge is 0.348 e. The number of carbonyl (C=O) groups excluding carboxylic acids is 2. The van der Waals surface area contributed by atoms with Crippen LogP contribution in [0, 0.1) is 19.7 Å². The molecular weight excluding hydrogens is 643 g/mol. The first-order valence-corrected chi connectivity index (χ1v) is 15.6. The molecule has 0 radical (unpaired) electrons. The van der Waals surface area contributed by atoms with E-state index in [1.165, 1.54) is 24.4 Å². The molecule has 0 aliphatic heterocycles. The Kier molecular flexibility index (Phi) is 9.64. The molecule has 8 nitrogen and oxygen atoms in total. The van der Waals surface area contributed by atoms with Gasteiger partial charge < -0.3 is 20.1 Å². The van der Waals surface area contributed by atoms with E-state index in [0.29, 0.717) is 33.5 Å². The van der Waals surface area contributed by atoms with Crippen molar-refractivity contribution in [3.05, 3.63) is 149 Å². The fourth-order valence-electron chi connectivity index (χ4n) is 5.26. The molecule has 0 aliphatic carbocycles. The normalized spacial score (nSPS) is 10.7. The lowest BCUT2D eigenvalue weighted by atomic mass is 10.1. The fraction of sp³-hybridized carbons (Fsp3) is 0.0769. The van der Waals surface area contributed by atoms with E-state index in [0.717, 1.165) is 27.9 Å². The molecule has 0 bridgehead atoms. The second kappa shape index (κ2) is 14.4. The molecule has 2 aromatic heterocycles. The number of nitrogens with zero attached hydrogens (tertiary/aromatic N) is 2. The summed E-state index contributed by atoms with van der Waals surface area (Å²) in [6.07, 6.45) is 3.15. The number of benzene rings is 4. The number of anilines is 4. The van der Waals surface area contributed by atoms with Gasteiger partial charge in [-0.2, -0.15) is 0 Å². The van der Waals surface area contributed by atoms with Gasteiger partial charge in [0.2, 0.25) is 0 Å². The van der Waals surface area contributed by atoms with Crippen LogP contribution in [0.25, 0.3) is 22.5 Å². The molecule has 0 unspecified atom stereocenters. The third-order valence-corrected chi connectivity index (χ3v) is 8.03. The predicted molar refractivity (Wildman–Crippen MR) is 190 cm³/mol. The van der Waals surface area contributed by atoms with E-state index >= 15 is 4.39 Å². The third kappa shape index (κ3) is 7.42. The van der Waals surface area contributed by atoms with Crippen LogP contribution < -0.4 is 15.4 Å². The van der Waals surface area contributed by atoms with Crippen molar-refractivity contribution in [3.8, 4) is 28.3 Å². The molecule has 0 atom stereocenters. The van der Waals surface area contributed by atoms with Gasteiger partial charge in [0.15, 0.2) is 0 Å². The number of hydrogen-bond donors (Lipinski definition) is 2. The molecule has 6 rings (SSSR count). The second-order valence-corrected chi connectivity index (χ2v) is 11.6. The number of rotatable bonds is 9. The van der Waals surface area contributed by atoms with Gasteiger partial charge in [-0.25, -0.2) is 14.0 Å². The van der Waals surface area contributed by atoms with E-state index in [1.807, 2.05) is 62.4 Å². The number of aromatic nitrogens is 2. The van der Waals surface area contributed by atoms with Gasteiger partial charge in [-0.05, 0) is 80.1 Å². The molecule has 0 fully saturated rings. The maximum atomic E-state index is 15.2. The molecule has 49 heavy (non-hydrogen) atoms. The average Bonchev–Trinajstić information content (AvgIpc) is 3.10. The fourth-order valence-corrected chi connectivity index (χ4v) is 5.50.